The van der Waals surface area contributed by atoms with Crippen LogP contribution in [0.1, 0.15) is 61.3 Å². The average Bonchev–Trinajstić information content (AvgIpc) is 3.31. The number of carbonyl (C=O) groups excluding carboxylic acids is 1. The largest absolute Gasteiger partial charge is 0.444 e. The molecule has 0 unspecified atom stereocenters. The van der Waals surface area contributed by atoms with E-state index in [-0.39, 0.29) is 0 Å². The number of likely N-dealkylation sites (N-methyl/N-ethyl adjacent to an activating group) is 1. The van der Waals surface area contributed by atoms with Crippen LogP contribution >= 0.6 is 0 Å². The van der Waals surface area contributed by atoms with Crippen LogP contribution in [0.4, 0.5) is 4.79 Å². The maximum absolute atomic E-state index is 12.0. The second-order valence-corrected chi connectivity index (χ2v) is 8.49. The van der Waals surface area contributed by atoms with Crippen LogP contribution in [0.2, 0.25) is 0 Å². The van der Waals surface area contributed by atoms with Gasteiger partial charge in [0, 0.05) is 25.7 Å². The highest BCUT2D eigenvalue weighted by Crippen LogP contribution is 2.25. The van der Waals surface area contributed by atoms with E-state index in [1.807, 2.05) is 41.5 Å². The van der Waals surface area contributed by atoms with Crippen molar-refractivity contribution in [3.8, 4) is 0 Å². The van der Waals surface area contributed by atoms with E-state index in [1.54, 1.807) is 0 Å². The summed E-state index contributed by atoms with van der Waals surface area (Å²) in [5.74, 6) is 0.776. The number of hydrogen-bond acceptors (Lipinski definition) is 4. The Morgan fingerprint density at radius 3 is 2.31 bits per heavy atom. The maximum atomic E-state index is 12.0. The summed E-state index contributed by atoms with van der Waals surface area (Å²) in [4.78, 5) is 19.1. The zero-order valence-corrected chi connectivity index (χ0v) is 17.7. The van der Waals surface area contributed by atoms with Gasteiger partial charge in [-0.15, -0.1) is 0 Å². The fraction of sp³-hybridized carbons (Fsp3) is 0.895. The number of aliphatic imine (C=N–C) groups is 1. The number of guanidine groups is 1. The van der Waals surface area contributed by atoms with Gasteiger partial charge in [-0.1, -0.05) is 6.92 Å². The van der Waals surface area contributed by atoms with Gasteiger partial charge in [0.2, 0.25) is 0 Å². The Labute approximate surface area is 159 Å². The molecule has 1 saturated carbocycles. The quantitative estimate of drug-likeness (QED) is 0.429. The molecular formula is C19H39N5O2. The molecule has 26 heavy (non-hydrogen) atoms. The van der Waals surface area contributed by atoms with Gasteiger partial charge >= 0.3 is 6.09 Å². The summed E-state index contributed by atoms with van der Waals surface area (Å²) in [6, 6.07) is 0.776. The van der Waals surface area contributed by atoms with Crippen molar-refractivity contribution in [2.24, 2.45) is 4.99 Å². The van der Waals surface area contributed by atoms with E-state index < -0.39 is 17.2 Å². The Balaban J connectivity index is 2.48. The molecule has 0 aromatic carbocycles. The number of amides is 1. The van der Waals surface area contributed by atoms with Gasteiger partial charge in [-0.3, -0.25) is 9.89 Å². The van der Waals surface area contributed by atoms with Crippen molar-refractivity contribution in [1.29, 1.82) is 0 Å². The monoisotopic (exact) mass is 369 g/mol. The number of carbonyl (C=O) groups is 1. The summed E-state index contributed by atoms with van der Waals surface area (Å²) < 4.78 is 5.32. The lowest BCUT2D eigenvalue weighted by Gasteiger charge is -2.27. The molecule has 1 rings (SSSR count). The Morgan fingerprint density at radius 1 is 1.15 bits per heavy atom. The van der Waals surface area contributed by atoms with E-state index in [4.69, 9.17) is 4.74 Å². The third-order valence-corrected chi connectivity index (χ3v) is 3.98. The standard InChI is InChI=1S/C19H39N5O2/c1-8-20-16(21-12-13-24(9-2)15-10-11-15)22-14-19(6,7)23-17(25)26-18(3,4)5/h15H,8-14H2,1-7H3,(H,23,25)(H2,20,21,22). The average molecular weight is 370 g/mol. The molecule has 0 aromatic heterocycles. The molecule has 1 amide bonds. The molecule has 1 aliphatic carbocycles. The molecule has 0 heterocycles. The molecular weight excluding hydrogens is 330 g/mol. The fourth-order valence-electron chi connectivity index (χ4n) is 2.59. The van der Waals surface area contributed by atoms with Gasteiger partial charge in [-0.2, -0.15) is 0 Å². The minimum Gasteiger partial charge on any atom is -0.444 e. The first kappa shape index (κ1) is 22.5. The van der Waals surface area contributed by atoms with Crippen LogP contribution < -0.4 is 16.0 Å². The molecule has 0 saturated heterocycles. The molecule has 0 radical (unpaired) electrons. The Hall–Kier alpha value is -1.50. The van der Waals surface area contributed by atoms with Crippen molar-refractivity contribution in [2.75, 3.05) is 32.7 Å². The first-order chi connectivity index (χ1) is 12.1. The topological polar surface area (TPSA) is 78.0 Å². The first-order valence-corrected chi connectivity index (χ1v) is 9.83. The van der Waals surface area contributed by atoms with Gasteiger partial charge in [0.1, 0.15) is 5.60 Å². The summed E-state index contributed by atoms with van der Waals surface area (Å²) in [5.41, 5.74) is -0.999. The van der Waals surface area contributed by atoms with Gasteiger partial charge in [0.15, 0.2) is 5.96 Å². The van der Waals surface area contributed by atoms with Gasteiger partial charge in [0.05, 0.1) is 12.1 Å². The lowest BCUT2D eigenvalue weighted by molar-refractivity contribution is 0.0476. The summed E-state index contributed by atoms with van der Waals surface area (Å²) in [6.07, 6.45) is 2.23. The van der Waals surface area contributed by atoms with Gasteiger partial charge in [-0.05, 0) is 60.9 Å². The molecule has 0 aliphatic heterocycles. The smallest absolute Gasteiger partial charge is 0.408 e. The molecule has 0 atom stereocenters. The van der Waals surface area contributed by atoms with Crippen molar-refractivity contribution in [3.05, 3.63) is 0 Å². The van der Waals surface area contributed by atoms with Crippen LogP contribution in [0.15, 0.2) is 4.99 Å². The highest BCUT2D eigenvalue weighted by Gasteiger charge is 2.27. The summed E-state index contributed by atoms with van der Waals surface area (Å²) >= 11 is 0. The molecule has 1 aliphatic rings. The summed E-state index contributed by atoms with van der Waals surface area (Å²) in [7, 11) is 0. The molecule has 3 N–H and O–H groups in total. The highest BCUT2D eigenvalue weighted by molar-refractivity contribution is 5.79. The van der Waals surface area contributed by atoms with Crippen LogP contribution in [0.25, 0.3) is 0 Å². The van der Waals surface area contributed by atoms with Gasteiger partial charge in [0.25, 0.3) is 0 Å². The molecule has 7 heteroatoms. The molecule has 0 spiro atoms. The Bertz CT molecular complexity index is 467. The minimum absolute atomic E-state index is 0.418. The Kier molecular flexibility index (Phi) is 8.67. The first-order valence-electron chi connectivity index (χ1n) is 9.83. The number of ether oxygens (including phenoxy) is 1. The van der Waals surface area contributed by atoms with Gasteiger partial charge < -0.3 is 20.7 Å². The van der Waals surface area contributed by atoms with Crippen LogP contribution in [0.5, 0.6) is 0 Å². The van der Waals surface area contributed by atoms with E-state index in [0.717, 1.165) is 38.2 Å². The van der Waals surface area contributed by atoms with Crippen LogP contribution in [0, 0.1) is 0 Å². The van der Waals surface area contributed by atoms with Crippen LogP contribution in [0.3, 0.4) is 0 Å². The normalized spacial score (nSPS) is 15.8. The van der Waals surface area contributed by atoms with E-state index in [1.165, 1.54) is 12.8 Å². The predicted octanol–water partition coefficient (Wildman–Crippen LogP) is 2.33. The summed E-state index contributed by atoms with van der Waals surface area (Å²) in [5, 5.41) is 9.53. The van der Waals surface area contributed by atoms with E-state index in [9.17, 15) is 4.79 Å². The van der Waals surface area contributed by atoms with Crippen molar-refractivity contribution in [2.45, 2.75) is 78.5 Å². The number of rotatable bonds is 9. The third kappa shape index (κ3) is 9.85. The molecule has 0 bridgehead atoms. The zero-order valence-electron chi connectivity index (χ0n) is 17.7. The number of alkyl carbamates (subject to hydrolysis) is 1. The molecule has 7 nitrogen and oxygen atoms in total. The van der Waals surface area contributed by atoms with Crippen molar-refractivity contribution in [3.63, 3.8) is 0 Å². The highest BCUT2D eigenvalue weighted by atomic mass is 16.6. The van der Waals surface area contributed by atoms with E-state index in [0.29, 0.717) is 6.54 Å². The van der Waals surface area contributed by atoms with Crippen molar-refractivity contribution >= 4 is 12.1 Å². The third-order valence-electron chi connectivity index (χ3n) is 3.98. The zero-order chi connectivity index (χ0) is 19.8. The number of nitrogens with one attached hydrogen (secondary N) is 3. The second kappa shape index (κ2) is 10.00. The van der Waals surface area contributed by atoms with Crippen LogP contribution in [-0.2, 0) is 4.74 Å². The van der Waals surface area contributed by atoms with Gasteiger partial charge in [-0.25, -0.2) is 4.79 Å². The van der Waals surface area contributed by atoms with Crippen LogP contribution in [-0.4, -0.2) is 66.9 Å². The van der Waals surface area contributed by atoms with E-state index in [2.05, 4.69) is 32.8 Å². The number of nitrogens with zero attached hydrogens (tertiary/aromatic N) is 2. The maximum Gasteiger partial charge on any atom is 0.408 e. The van der Waals surface area contributed by atoms with Crippen molar-refractivity contribution < 1.29 is 9.53 Å². The second-order valence-electron chi connectivity index (χ2n) is 8.49. The molecule has 1 fully saturated rings. The fourth-order valence-corrected chi connectivity index (χ4v) is 2.59. The molecule has 152 valence electrons. The Morgan fingerprint density at radius 2 is 1.81 bits per heavy atom. The lowest BCUT2D eigenvalue weighted by atomic mass is 10.1. The minimum atomic E-state index is -0.507. The number of hydrogen-bond donors (Lipinski definition) is 3. The molecule has 0 aromatic rings. The predicted molar refractivity (Wildman–Crippen MR) is 108 cm³/mol. The lowest BCUT2D eigenvalue weighted by Crippen LogP contribution is -2.49. The van der Waals surface area contributed by atoms with E-state index >= 15 is 0 Å². The SMILES string of the molecule is CCNC(=NCC(C)(C)NC(=O)OC(C)(C)C)NCCN(CC)C1CC1. The summed E-state index contributed by atoms with van der Waals surface area (Å²) in [6.45, 7) is 17.9. The van der Waals surface area contributed by atoms with Crippen molar-refractivity contribution in [1.82, 2.24) is 20.9 Å².